The van der Waals surface area contributed by atoms with Crippen LogP contribution in [-0.4, -0.2) is 15.0 Å². The van der Waals surface area contributed by atoms with Crippen molar-refractivity contribution in [2.45, 2.75) is 18.0 Å². The number of ether oxygens (including phenoxy) is 1. The van der Waals surface area contributed by atoms with E-state index in [2.05, 4.69) is 20.7 Å². The van der Waals surface area contributed by atoms with Crippen molar-refractivity contribution in [1.29, 1.82) is 0 Å². The fourth-order valence-corrected chi connectivity index (χ4v) is 3.65. The van der Waals surface area contributed by atoms with Gasteiger partial charge >= 0.3 is 6.18 Å². The molecule has 0 aliphatic rings. The van der Waals surface area contributed by atoms with E-state index in [4.69, 9.17) is 4.74 Å². The molecular weight excluding hydrogens is 411 g/mol. The second kappa shape index (κ2) is 7.02. The van der Waals surface area contributed by atoms with Crippen LogP contribution in [0, 0.1) is 0 Å². The highest BCUT2D eigenvalue weighted by atomic mass is 79.9. The van der Waals surface area contributed by atoms with Crippen LogP contribution >= 0.6 is 15.9 Å². The van der Waals surface area contributed by atoms with E-state index in [1.165, 1.54) is 12.1 Å². The molecule has 0 saturated carbocycles. The average molecular weight is 424 g/mol. The largest absolute Gasteiger partial charge is 0.494 e. The molecule has 9 heteroatoms. The first kappa shape index (κ1) is 18.6. The van der Waals surface area contributed by atoms with Gasteiger partial charge in [-0.3, -0.25) is 4.72 Å². The van der Waals surface area contributed by atoms with Gasteiger partial charge in [0.2, 0.25) is 0 Å². The zero-order valence-electron chi connectivity index (χ0n) is 12.4. The molecule has 0 unspecified atom stereocenters. The van der Waals surface area contributed by atoms with Gasteiger partial charge in [-0.05, 0) is 49.4 Å². The second-order valence-corrected chi connectivity index (χ2v) is 7.33. The van der Waals surface area contributed by atoms with Crippen LogP contribution < -0.4 is 9.46 Å². The van der Waals surface area contributed by atoms with E-state index >= 15 is 0 Å². The topological polar surface area (TPSA) is 55.4 Å². The van der Waals surface area contributed by atoms with Crippen molar-refractivity contribution in [2.75, 3.05) is 11.3 Å². The standard InChI is InChI=1S/C15H13BrF3NO3S/c1-2-23-13-5-3-12(4-6-13)20-24(21,22)14-8-10(15(17,18)19)7-11(16)9-14/h3-9,20H,2H2,1H3. The Labute approximate surface area is 145 Å². The number of benzene rings is 2. The van der Waals surface area contributed by atoms with Gasteiger partial charge in [-0.2, -0.15) is 13.2 Å². The Balaban J connectivity index is 2.32. The van der Waals surface area contributed by atoms with Crippen molar-refractivity contribution in [3.05, 3.63) is 52.5 Å². The average Bonchev–Trinajstić information content (AvgIpc) is 2.48. The Hall–Kier alpha value is -1.74. The minimum atomic E-state index is -4.65. The van der Waals surface area contributed by atoms with Crippen LogP contribution in [0.3, 0.4) is 0 Å². The number of anilines is 1. The third-order valence-corrected chi connectivity index (χ3v) is 4.75. The first-order valence-corrected chi connectivity index (χ1v) is 9.03. The lowest BCUT2D eigenvalue weighted by Gasteiger charge is -2.12. The highest BCUT2D eigenvalue weighted by Crippen LogP contribution is 2.33. The summed E-state index contributed by atoms with van der Waals surface area (Å²) in [5.41, 5.74) is -0.837. The Morgan fingerprint density at radius 3 is 2.29 bits per heavy atom. The first-order chi connectivity index (χ1) is 11.1. The fourth-order valence-electron chi connectivity index (χ4n) is 1.88. The molecule has 4 nitrogen and oxygen atoms in total. The minimum absolute atomic E-state index is 0.0180. The van der Waals surface area contributed by atoms with Crippen molar-refractivity contribution >= 4 is 31.6 Å². The number of hydrogen-bond donors (Lipinski definition) is 1. The monoisotopic (exact) mass is 423 g/mol. The minimum Gasteiger partial charge on any atom is -0.494 e. The summed E-state index contributed by atoms with van der Waals surface area (Å²) in [7, 11) is -4.16. The molecule has 0 aliphatic carbocycles. The van der Waals surface area contributed by atoms with Crippen LogP contribution in [0.4, 0.5) is 18.9 Å². The van der Waals surface area contributed by atoms with E-state index in [1.54, 1.807) is 12.1 Å². The third-order valence-electron chi connectivity index (χ3n) is 2.93. The predicted molar refractivity (Wildman–Crippen MR) is 87.6 cm³/mol. The van der Waals surface area contributed by atoms with Gasteiger partial charge in [0, 0.05) is 10.2 Å². The summed E-state index contributed by atoms with van der Waals surface area (Å²) in [5.74, 6) is 0.558. The van der Waals surface area contributed by atoms with Gasteiger partial charge in [0.05, 0.1) is 17.1 Å². The molecule has 0 aromatic heterocycles. The number of rotatable bonds is 5. The van der Waals surface area contributed by atoms with Gasteiger partial charge in [-0.15, -0.1) is 0 Å². The molecule has 0 saturated heterocycles. The van der Waals surface area contributed by atoms with Crippen LogP contribution in [0.1, 0.15) is 12.5 Å². The molecular formula is C15H13BrF3NO3S. The van der Waals surface area contributed by atoms with E-state index in [9.17, 15) is 21.6 Å². The number of hydrogen-bond acceptors (Lipinski definition) is 3. The molecule has 0 atom stereocenters. The van der Waals surface area contributed by atoms with Gasteiger partial charge in [-0.1, -0.05) is 15.9 Å². The van der Waals surface area contributed by atoms with E-state index in [-0.39, 0.29) is 10.2 Å². The lowest BCUT2D eigenvalue weighted by molar-refractivity contribution is -0.137. The van der Waals surface area contributed by atoms with Crippen LogP contribution in [0.2, 0.25) is 0 Å². The molecule has 1 N–H and O–H groups in total. The summed E-state index contributed by atoms with van der Waals surface area (Å²) in [5, 5.41) is 0. The van der Waals surface area contributed by atoms with Crippen molar-refractivity contribution in [2.24, 2.45) is 0 Å². The lowest BCUT2D eigenvalue weighted by atomic mass is 10.2. The molecule has 0 amide bonds. The maximum Gasteiger partial charge on any atom is 0.416 e. The van der Waals surface area contributed by atoms with Gasteiger partial charge in [-0.25, -0.2) is 8.42 Å². The molecule has 0 aliphatic heterocycles. The Morgan fingerprint density at radius 1 is 1.12 bits per heavy atom. The Bertz CT molecular complexity index is 821. The van der Waals surface area contributed by atoms with E-state index < -0.39 is 26.7 Å². The molecule has 0 heterocycles. The van der Waals surface area contributed by atoms with Crippen molar-refractivity contribution < 1.29 is 26.3 Å². The summed E-state index contributed by atoms with van der Waals surface area (Å²) < 4.78 is 70.6. The molecule has 24 heavy (non-hydrogen) atoms. The van der Waals surface area contributed by atoms with Crippen molar-refractivity contribution in [3.63, 3.8) is 0 Å². The third kappa shape index (κ3) is 4.64. The molecule has 2 aromatic rings. The molecule has 0 radical (unpaired) electrons. The van der Waals surface area contributed by atoms with E-state index in [0.29, 0.717) is 18.4 Å². The molecule has 2 aromatic carbocycles. The lowest BCUT2D eigenvalue weighted by Crippen LogP contribution is -2.15. The first-order valence-electron chi connectivity index (χ1n) is 6.75. The molecule has 0 spiro atoms. The molecule has 2 rings (SSSR count). The van der Waals surface area contributed by atoms with Crippen LogP contribution in [0.25, 0.3) is 0 Å². The SMILES string of the molecule is CCOc1ccc(NS(=O)(=O)c2cc(Br)cc(C(F)(F)F)c2)cc1. The highest BCUT2D eigenvalue weighted by molar-refractivity contribution is 9.10. The number of sulfonamides is 1. The smallest absolute Gasteiger partial charge is 0.416 e. The zero-order valence-corrected chi connectivity index (χ0v) is 14.8. The number of alkyl halides is 3. The zero-order chi connectivity index (χ0) is 18.0. The van der Waals surface area contributed by atoms with Crippen molar-refractivity contribution in [3.8, 4) is 5.75 Å². The number of halogens is 4. The van der Waals surface area contributed by atoms with Crippen LogP contribution in [-0.2, 0) is 16.2 Å². The summed E-state index contributed by atoms with van der Waals surface area (Å²) >= 11 is 2.90. The normalized spacial score (nSPS) is 12.0. The number of nitrogens with one attached hydrogen (secondary N) is 1. The Morgan fingerprint density at radius 2 is 1.75 bits per heavy atom. The Kier molecular flexibility index (Phi) is 5.44. The predicted octanol–water partition coefficient (Wildman–Crippen LogP) is 4.67. The quantitative estimate of drug-likeness (QED) is 0.760. The maximum absolute atomic E-state index is 12.8. The van der Waals surface area contributed by atoms with Crippen LogP contribution in [0.5, 0.6) is 5.75 Å². The van der Waals surface area contributed by atoms with Crippen LogP contribution in [0.15, 0.2) is 51.8 Å². The maximum atomic E-state index is 12.8. The summed E-state index contributed by atoms with van der Waals surface area (Å²) in [6, 6.07) is 8.55. The van der Waals surface area contributed by atoms with E-state index in [1.807, 2.05) is 6.92 Å². The molecule has 130 valence electrons. The summed E-state index contributed by atoms with van der Waals surface area (Å²) in [4.78, 5) is -0.488. The summed E-state index contributed by atoms with van der Waals surface area (Å²) in [6.45, 7) is 2.27. The molecule has 0 bridgehead atoms. The van der Waals surface area contributed by atoms with Gasteiger partial charge in [0.15, 0.2) is 0 Å². The van der Waals surface area contributed by atoms with Crippen molar-refractivity contribution in [1.82, 2.24) is 0 Å². The molecule has 0 fully saturated rings. The van der Waals surface area contributed by atoms with Gasteiger partial charge in [0.1, 0.15) is 5.75 Å². The van der Waals surface area contributed by atoms with Gasteiger partial charge < -0.3 is 4.74 Å². The van der Waals surface area contributed by atoms with E-state index in [0.717, 1.165) is 12.1 Å². The van der Waals surface area contributed by atoms with Gasteiger partial charge in [0.25, 0.3) is 10.0 Å². The fraction of sp³-hybridized carbons (Fsp3) is 0.200. The summed E-state index contributed by atoms with van der Waals surface area (Å²) in [6.07, 6.45) is -4.65. The highest BCUT2D eigenvalue weighted by Gasteiger charge is 2.32. The second-order valence-electron chi connectivity index (χ2n) is 4.74.